The molecule has 178 valence electrons. The molecule has 0 atom stereocenters. The van der Waals surface area contributed by atoms with E-state index in [2.05, 4.69) is 9.44 Å². The van der Waals surface area contributed by atoms with Gasteiger partial charge in [-0.2, -0.15) is 0 Å². The first-order valence-electron chi connectivity index (χ1n) is 10.1. The highest BCUT2D eigenvalue weighted by atomic mass is 32.2. The van der Waals surface area contributed by atoms with Gasteiger partial charge in [-0.15, -0.1) is 0 Å². The van der Waals surface area contributed by atoms with E-state index in [1.54, 1.807) is 25.1 Å². The van der Waals surface area contributed by atoms with Crippen molar-refractivity contribution in [3.8, 4) is 5.75 Å². The summed E-state index contributed by atoms with van der Waals surface area (Å²) in [5.41, 5.74) is 0.309. The van der Waals surface area contributed by atoms with E-state index >= 15 is 0 Å². The van der Waals surface area contributed by atoms with Crippen LogP contribution in [0.1, 0.15) is 27.6 Å². The lowest BCUT2D eigenvalue weighted by atomic mass is 9.94. The number of rotatable bonds is 7. The quantitative estimate of drug-likeness (QED) is 0.471. The van der Waals surface area contributed by atoms with Crippen LogP contribution in [0, 0.1) is 0 Å². The molecule has 1 aliphatic heterocycles. The first-order chi connectivity index (χ1) is 16.0. The second-order valence-electron chi connectivity index (χ2n) is 7.40. The number of methoxy groups -OCH3 is 1. The molecule has 0 aliphatic carbocycles. The normalized spacial score (nSPS) is 13.9. The van der Waals surface area contributed by atoms with Crippen LogP contribution < -0.4 is 14.2 Å². The molecule has 0 spiro atoms. The predicted molar refractivity (Wildman–Crippen MR) is 125 cm³/mol. The van der Waals surface area contributed by atoms with Crippen LogP contribution >= 0.6 is 0 Å². The summed E-state index contributed by atoms with van der Waals surface area (Å²) in [5.74, 6) is -0.929. The Morgan fingerprint density at radius 3 is 2.24 bits per heavy atom. The van der Waals surface area contributed by atoms with Gasteiger partial charge in [0.15, 0.2) is 0 Å². The third-order valence-electron chi connectivity index (χ3n) is 5.52. The zero-order chi connectivity index (χ0) is 24.8. The Hall–Kier alpha value is -3.48. The summed E-state index contributed by atoms with van der Waals surface area (Å²) in [7, 11) is -5.59. The molecule has 0 saturated heterocycles. The Morgan fingerprint density at radius 1 is 0.882 bits per heavy atom. The summed E-state index contributed by atoms with van der Waals surface area (Å²) < 4.78 is 60.7. The van der Waals surface area contributed by atoms with Gasteiger partial charge in [-0.1, -0.05) is 12.1 Å². The lowest BCUT2D eigenvalue weighted by Gasteiger charge is -2.26. The molecule has 0 saturated carbocycles. The van der Waals surface area contributed by atoms with Gasteiger partial charge in [0, 0.05) is 23.1 Å². The van der Waals surface area contributed by atoms with E-state index < -0.39 is 31.9 Å². The molecule has 4 rings (SSSR count). The number of carbonyl (C=O) groups excluding carboxylic acids is 2. The molecule has 2 N–H and O–H groups in total. The Bertz CT molecular complexity index is 1560. The van der Waals surface area contributed by atoms with E-state index in [9.17, 15) is 26.4 Å². The maximum Gasteiger partial charge on any atom is 0.262 e. The lowest BCUT2D eigenvalue weighted by Crippen LogP contribution is -2.40. The number of nitrogens with zero attached hydrogens (tertiary/aromatic N) is 1. The molecular formula is C22H21N3O7S2. The topological polar surface area (TPSA) is 139 Å². The van der Waals surface area contributed by atoms with Crippen LogP contribution in [0.3, 0.4) is 0 Å². The number of nitrogens with one attached hydrogen (secondary N) is 2. The summed E-state index contributed by atoms with van der Waals surface area (Å²) >= 11 is 0. The highest BCUT2D eigenvalue weighted by Crippen LogP contribution is 2.34. The van der Waals surface area contributed by atoms with Gasteiger partial charge in [0.25, 0.3) is 21.8 Å². The smallest absolute Gasteiger partial charge is 0.262 e. The fourth-order valence-corrected chi connectivity index (χ4v) is 5.71. The minimum Gasteiger partial charge on any atom is -0.495 e. The van der Waals surface area contributed by atoms with Crippen LogP contribution in [0.15, 0.2) is 58.3 Å². The summed E-state index contributed by atoms with van der Waals surface area (Å²) in [5, 5.41) is 0.798. The Labute approximate surface area is 196 Å². The minimum absolute atomic E-state index is 0.0911. The van der Waals surface area contributed by atoms with Crippen molar-refractivity contribution >= 4 is 48.3 Å². The summed E-state index contributed by atoms with van der Waals surface area (Å²) in [4.78, 5) is 26.3. The summed E-state index contributed by atoms with van der Waals surface area (Å²) in [6, 6.07) is 11.1. The van der Waals surface area contributed by atoms with Gasteiger partial charge >= 0.3 is 0 Å². The van der Waals surface area contributed by atoms with Crippen LogP contribution in [0.5, 0.6) is 5.75 Å². The highest BCUT2D eigenvalue weighted by molar-refractivity contribution is 7.92. The molecule has 12 heteroatoms. The average molecular weight is 504 g/mol. The van der Waals surface area contributed by atoms with Crippen molar-refractivity contribution in [2.24, 2.45) is 0 Å². The second-order valence-corrected chi connectivity index (χ2v) is 11.0. The molecule has 0 aromatic heterocycles. The number of hydrogen-bond acceptors (Lipinski definition) is 7. The van der Waals surface area contributed by atoms with Gasteiger partial charge < -0.3 is 4.74 Å². The molecule has 1 aliphatic rings. The van der Waals surface area contributed by atoms with E-state index in [0.717, 1.165) is 11.0 Å². The fraction of sp³-hybridized carbons (Fsp3) is 0.182. The summed E-state index contributed by atoms with van der Waals surface area (Å²) in [6.07, 6.45) is 0. The molecule has 10 nitrogen and oxygen atoms in total. The third kappa shape index (κ3) is 3.79. The van der Waals surface area contributed by atoms with Gasteiger partial charge in [0.05, 0.1) is 22.6 Å². The molecule has 34 heavy (non-hydrogen) atoms. The van der Waals surface area contributed by atoms with Crippen LogP contribution in [-0.4, -0.2) is 54.3 Å². The maximum absolute atomic E-state index is 13.3. The van der Waals surface area contributed by atoms with E-state index in [1.165, 1.54) is 38.4 Å². The fourth-order valence-electron chi connectivity index (χ4n) is 3.83. The number of benzene rings is 3. The van der Waals surface area contributed by atoms with Crippen LogP contribution in [0.2, 0.25) is 0 Å². The number of amides is 2. The van der Waals surface area contributed by atoms with Crippen molar-refractivity contribution in [3.05, 3.63) is 59.7 Å². The third-order valence-corrected chi connectivity index (χ3v) is 8.28. The SMILES string of the molecule is CCN1C(=O)c2cccc3cc(S(=O)(=O)Nc4cc(S(=O)(=O)NC)ccc4OC)cc(c23)C1=O. The maximum atomic E-state index is 13.3. The van der Waals surface area contributed by atoms with Gasteiger partial charge in [-0.3, -0.25) is 19.2 Å². The van der Waals surface area contributed by atoms with Crippen molar-refractivity contribution in [1.29, 1.82) is 0 Å². The standard InChI is InChI=1S/C22H21N3O7S2/c1-4-25-21(26)16-7-5-6-13-10-15(11-17(20(13)16)22(25)27)34(30,31)24-18-12-14(33(28,29)23-2)8-9-19(18)32-3/h5-12,23-24H,4H2,1-3H3. The van der Waals surface area contributed by atoms with Crippen LogP contribution in [0.4, 0.5) is 5.69 Å². The van der Waals surface area contributed by atoms with Crippen molar-refractivity contribution < 1.29 is 31.2 Å². The predicted octanol–water partition coefficient (Wildman–Crippen LogP) is 2.17. The zero-order valence-corrected chi connectivity index (χ0v) is 20.1. The molecule has 2 amide bonds. The van der Waals surface area contributed by atoms with Crippen molar-refractivity contribution in [1.82, 2.24) is 9.62 Å². The average Bonchev–Trinajstić information content (AvgIpc) is 2.82. The molecule has 3 aromatic carbocycles. The van der Waals surface area contributed by atoms with Gasteiger partial charge in [0.2, 0.25) is 10.0 Å². The van der Waals surface area contributed by atoms with Crippen molar-refractivity contribution in [3.63, 3.8) is 0 Å². The molecule has 1 heterocycles. The molecule has 0 fully saturated rings. The van der Waals surface area contributed by atoms with Gasteiger partial charge in [-0.05, 0) is 55.8 Å². The Balaban J connectivity index is 1.86. The van der Waals surface area contributed by atoms with Crippen molar-refractivity contribution in [2.45, 2.75) is 16.7 Å². The molecule has 0 unspecified atom stereocenters. The number of imide groups is 1. The van der Waals surface area contributed by atoms with E-state index in [4.69, 9.17) is 4.74 Å². The number of hydrogen-bond donors (Lipinski definition) is 2. The Kier molecular flexibility index (Phi) is 5.84. The molecular weight excluding hydrogens is 482 g/mol. The van der Waals surface area contributed by atoms with Gasteiger partial charge in [0.1, 0.15) is 5.75 Å². The number of carbonyl (C=O) groups is 2. The van der Waals surface area contributed by atoms with Crippen molar-refractivity contribution in [2.75, 3.05) is 25.4 Å². The molecule has 0 radical (unpaired) electrons. The molecule has 3 aromatic rings. The first-order valence-corrected chi connectivity index (χ1v) is 13.1. The Morgan fingerprint density at radius 2 is 1.59 bits per heavy atom. The van der Waals surface area contributed by atoms with E-state index in [-0.39, 0.29) is 33.3 Å². The van der Waals surface area contributed by atoms with E-state index in [1.807, 2.05) is 0 Å². The molecule has 0 bridgehead atoms. The summed E-state index contributed by atoms with van der Waals surface area (Å²) in [6.45, 7) is 1.79. The van der Waals surface area contributed by atoms with Gasteiger partial charge in [-0.25, -0.2) is 21.6 Å². The van der Waals surface area contributed by atoms with E-state index in [0.29, 0.717) is 16.3 Å². The monoisotopic (exact) mass is 503 g/mol. The van der Waals surface area contributed by atoms with Crippen LogP contribution in [-0.2, 0) is 20.0 Å². The largest absolute Gasteiger partial charge is 0.495 e. The highest BCUT2D eigenvalue weighted by Gasteiger charge is 2.33. The zero-order valence-electron chi connectivity index (χ0n) is 18.4. The first kappa shape index (κ1) is 23.7. The number of ether oxygens (including phenoxy) is 1. The number of anilines is 1. The minimum atomic E-state index is -4.29. The second kappa shape index (κ2) is 8.38. The van der Waals surface area contributed by atoms with Crippen LogP contribution in [0.25, 0.3) is 10.8 Å². The lowest BCUT2D eigenvalue weighted by molar-refractivity contribution is 0.0619. The number of sulfonamides is 2.